The lowest BCUT2D eigenvalue weighted by Crippen LogP contribution is -2.50. The number of aromatic nitrogens is 4. The second kappa shape index (κ2) is 16.2. The zero-order valence-corrected chi connectivity index (χ0v) is 31.4. The summed E-state index contributed by atoms with van der Waals surface area (Å²) in [4.78, 5) is 24.5. The van der Waals surface area contributed by atoms with Crippen LogP contribution in [-0.2, 0) is 14.8 Å². The maximum Gasteiger partial charge on any atom is 0.257 e. The first-order valence-corrected chi connectivity index (χ1v) is 18.7. The predicted octanol–water partition coefficient (Wildman–Crippen LogP) is 6.63. The predicted molar refractivity (Wildman–Crippen MR) is 202 cm³/mol. The molecule has 0 radical (unpaired) electrons. The lowest BCUT2D eigenvalue weighted by Gasteiger charge is -2.43. The van der Waals surface area contributed by atoms with Gasteiger partial charge in [0.2, 0.25) is 0 Å². The third-order valence-corrected chi connectivity index (χ3v) is 11.6. The van der Waals surface area contributed by atoms with Gasteiger partial charge in [0.1, 0.15) is 29.8 Å². The van der Waals surface area contributed by atoms with Gasteiger partial charge in [0.25, 0.3) is 8.53 Å². The first kappa shape index (κ1) is 38.2. The van der Waals surface area contributed by atoms with Crippen LogP contribution >= 0.6 is 8.53 Å². The lowest BCUT2D eigenvalue weighted by atomic mass is 9.77. The summed E-state index contributed by atoms with van der Waals surface area (Å²) in [5, 5.41) is 13.1. The number of methoxy groups -OCH3 is 1. The van der Waals surface area contributed by atoms with Gasteiger partial charge in [-0.15, -0.1) is 0 Å². The highest BCUT2D eigenvalue weighted by Gasteiger charge is 2.51. The van der Waals surface area contributed by atoms with Crippen molar-refractivity contribution < 1.29 is 23.3 Å². The molecule has 0 spiro atoms. The van der Waals surface area contributed by atoms with Crippen molar-refractivity contribution in [3.63, 3.8) is 0 Å². The molecule has 6 rings (SSSR count). The highest BCUT2D eigenvalue weighted by molar-refractivity contribution is 7.43. The number of fused-ring (bicyclic) bond motifs is 1. The zero-order valence-electron chi connectivity index (χ0n) is 30.5. The van der Waals surface area contributed by atoms with Crippen LogP contribution in [0, 0.1) is 11.3 Å². The molecule has 0 amide bonds. The van der Waals surface area contributed by atoms with E-state index < -0.39 is 44.2 Å². The Kier molecular flexibility index (Phi) is 11.7. The van der Waals surface area contributed by atoms with Gasteiger partial charge in [-0.2, -0.15) is 5.26 Å². The quantitative estimate of drug-likeness (QED) is 0.0782. The molecule has 2 aromatic heterocycles. The number of nitrogen functional groups attached to an aromatic ring is 1. The van der Waals surface area contributed by atoms with Gasteiger partial charge >= 0.3 is 0 Å². The molecule has 3 aromatic carbocycles. The van der Waals surface area contributed by atoms with Gasteiger partial charge < -0.3 is 24.6 Å². The molecule has 1 unspecified atom stereocenters. The minimum Gasteiger partial charge on any atom is -0.497 e. The number of nitrogens with zero attached hydrogens (tertiary/aromatic N) is 6. The van der Waals surface area contributed by atoms with Crippen LogP contribution in [-0.4, -0.2) is 72.7 Å². The minimum absolute atomic E-state index is 0.101. The van der Waals surface area contributed by atoms with E-state index in [4.69, 9.17) is 19.7 Å². The molecule has 1 aliphatic heterocycles. The summed E-state index contributed by atoms with van der Waals surface area (Å²) >= 11 is 0. The number of hydrogen-bond donors (Lipinski definition) is 3. The van der Waals surface area contributed by atoms with Gasteiger partial charge in [0.15, 0.2) is 23.9 Å². The van der Waals surface area contributed by atoms with Gasteiger partial charge in [-0.3, -0.25) is 9.88 Å². The number of nitriles is 1. The molecule has 5 atom stereocenters. The van der Waals surface area contributed by atoms with Crippen LogP contribution in [0.3, 0.4) is 0 Å². The summed E-state index contributed by atoms with van der Waals surface area (Å²) in [6.07, 6.45) is -1.60. The summed E-state index contributed by atoms with van der Waals surface area (Å²) in [6.45, 7) is 7.87. The first-order valence-electron chi connectivity index (χ1n) is 17.6. The van der Waals surface area contributed by atoms with E-state index in [1.165, 1.54) is 17.2 Å². The van der Waals surface area contributed by atoms with Crippen LogP contribution < -0.4 is 15.8 Å². The highest BCUT2D eigenvalue weighted by atomic mass is 31.2. The molecule has 0 aliphatic carbocycles. The molecule has 5 aromatic rings. The number of rotatable bonds is 15. The molecule has 1 saturated heterocycles. The molecule has 4 N–H and O–H groups in total. The average molecular weight is 741 g/mol. The second-order valence-corrected chi connectivity index (χ2v) is 15.1. The monoisotopic (exact) mass is 740 g/mol. The number of ether oxygens (including phenoxy) is 2. The van der Waals surface area contributed by atoms with Crippen molar-refractivity contribution in [2.45, 2.75) is 82.3 Å². The molecule has 0 bridgehead atoms. The number of halogens is 1. The largest absolute Gasteiger partial charge is 0.497 e. The van der Waals surface area contributed by atoms with E-state index in [0.29, 0.717) is 23.3 Å². The summed E-state index contributed by atoms with van der Waals surface area (Å²) < 4.78 is 38.9. The van der Waals surface area contributed by atoms with Crippen LogP contribution in [0.15, 0.2) is 97.6 Å². The fourth-order valence-electron chi connectivity index (χ4n) is 7.31. The number of imidazole rings is 1. The zero-order chi connectivity index (χ0) is 37.8. The van der Waals surface area contributed by atoms with E-state index in [1.807, 2.05) is 117 Å². The summed E-state index contributed by atoms with van der Waals surface area (Å²) in [7, 11) is -0.727. The normalized spacial score (nSPS) is 19.8. The van der Waals surface area contributed by atoms with Gasteiger partial charge in [-0.1, -0.05) is 72.8 Å². The number of nitrogens with two attached hydrogens (primary N) is 1. The smallest absolute Gasteiger partial charge is 0.257 e. The standard InChI is InChI=1S/C39H46FN8O4P/c1-26(2)48(38(3,4)21-12-22-41)53(49)52-34-31(51-37(32(34)40)47-25-45-33-35(42)43-24-44-36(33)47)23-46-39(27-13-8-6-9-14-27,28-15-10-7-11-16-28)29-17-19-30(50-5)20-18-29/h6-11,13-20,24-26,31-32,34,37,46,49H,12,21,23H2,1-5H3,(H2,42,43,44)/t31-,32-,34-,37-,53?/m1/s1. The summed E-state index contributed by atoms with van der Waals surface area (Å²) in [6, 6.07) is 29.9. The Labute approximate surface area is 310 Å². The van der Waals surface area contributed by atoms with Crippen LogP contribution in [0.2, 0.25) is 0 Å². The van der Waals surface area contributed by atoms with Gasteiger partial charge in [-0.05, 0) is 62.9 Å². The Balaban J connectivity index is 1.42. The third kappa shape index (κ3) is 7.62. The maximum atomic E-state index is 17.1. The van der Waals surface area contributed by atoms with Crippen molar-refractivity contribution in [1.82, 2.24) is 29.5 Å². The number of hydrogen-bond acceptors (Lipinski definition) is 11. The molecule has 0 saturated carbocycles. The third-order valence-electron chi connectivity index (χ3n) is 9.79. The van der Waals surface area contributed by atoms with Crippen LogP contribution in [0.1, 0.15) is 63.5 Å². The van der Waals surface area contributed by atoms with Crippen molar-refractivity contribution >= 4 is 25.5 Å². The number of anilines is 1. The number of nitrogens with one attached hydrogen (secondary N) is 1. The van der Waals surface area contributed by atoms with E-state index >= 15 is 4.39 Å². The summed E-state index contributed by atoms with van der Waals surface area (Å²) in [5.41, 5.74) is 7.98. The summed E-state index contributed by atoms with van der Waals surface area (Å²) in [5.74, 6) is 0.870. The maximum absolute atomic E-state index is 17.1. The molecular weight excluding hydrogens is 694 g/mol. The molecule has 1 aliphatic rings. The molecule has 1 fully saturated rings. The van der Waals surface area contributed by atoms with Gasteiger partial charge in [0.05, 0.1) is 25.0 Å². The molecule has 3 heterocycles. The second-order valence-electron chi connectivity index (χ2n) is 13.9. The van der Waals surface area contributed by atoms with Crippen molar-refractivity contribution in [2.75, 3.05) is 19.4 Å². The fourth-order valence-corrected chi connectivity index (χ4v) is 8.84. The van der Waals surface area contributed by atoms with E-state index in [9.17, 15) is 10.2 Å². The topological polar surface area (TPSA) is 157 Å². The van der Waals surface area contributed by atoms with E-state index in [0.717, 1.165) is 16.7 Å². The van der Waals surface area contributed by atoms with Crippen LogP contribution in [0.4, 0.5) is 10.2 Å². The Morgan fingerprint density at radius 2 is 1.64 bits per heavy atom. The van der Waals surface area contributed by atoms with E-state index in [-0.39, 0.29) is 24.8 Å². The van der Waals surface area contributed by atoms with Gasteiger partial charge in [-0.25, -0.2) is 24.0 Å². The van der Waals surface area contributed by atoms with Gasteiger partial charge in [0, 0.05) is 24.5 Å². The highest BCUT2D eigenvalue weighted by Crippen LogP contribution is 2.50. The van der Waals surface area contributed by atoms with Crippen molar-refractivity contribution in [1.29, 1.82) is 5.26 Å². The van der Waals surface area contributed by atoms with Crippen molar-refractivity contribution in [3.8, 4) is 11.8 Å². The van der Waals surface area contributed by atoms with Crippen LogP contribution in [0.25, 0.3) is 11.2 Å². The minimum atomic E-state index is -2.35. The Morgan fingerprint density at radius 1 is 1.02 bits per heavy atom. The van der Waals surface area contributed by atoms with Crippen molar-refractivity contribution in [2.24, 2.45) is 0 Å². The molecule has 53 heavy (non-hydrogen) atoms. The molecular formula is C39H46FN8O4P. The molecule has 14 heteroatoms. The Hall–Kier alpha value is -4.54. The van der Waals surface area contributed by atoms with Crippen molar-refractivity contribution in [3.05, 3.63) is 114 Å². The molecule has 278 valence electrons. The number of benzene rings is 3. The lowest BCUT2D eigenvalue weighted by molar-refractivity contribution is -0.0225. The number of alkyl halides is 1. The average Bonchev–Trinajstić information content (AvgIpc) is 3.73. The SMILES string of the molecule is COc1ccc(C(NC[C@H]2O[C@@H](n3cnc4c(N)ncnc43)[C@H](F)[C@@H]2OP(O)N(C(C)C)C(C)(C)CCC#N)(c2ccccc2)c2ccccc2)cc1. The Bertz CT molecular complexity index is 1950. The first-order chi connectivity index (χ1) is 25.5. The van der Waals surface area contributed by atoms with Crippen LogP contribution in [0.5, 0.6) is 5.75 Å². The fraction of sp³-hybridized carbons (Fsp3) is 0.385. The molecule has 12 nitrogen and oxygen atoms in total. The van der Waals surface area contributed by atoms with E-state index in [1.54, 1.807) is 7.11 Å². The van der Waals surface area contributed by atoms with E-state index in [2.05, 4.69) is 26.3 Å². The Morgan fingerprint density at radius 3 is 2.23 bits per heavy atom.